The van der Waals surface area contributed by atoms with E-state index in [1.165, 1.54) is 13.3 Å². The number of pyridine rings is 1. The van der Waals surface area contributed by atoms with Crippen LogP contribution in [0.1, 0.15) is 37.0 Å². The van der Waals surface area contributed by atoms with Crippen LogP contribution in [0.2, 0.25) is 5.02 Å². The molecule has 2 heterocycles. The van der Waals surface area contributed by atoms with Crippen molar-refractivity contribution in [2.75, 3.05) is 19.0 Å². The highest BCUT2D eigenvalue weighted by Crippen LogP contribution is 2.42. The molecule has 1 aliphatic rings. The number of nitrogens with zero attached hydrogens (tertiary/aromatic N) is 4. The second-order valence-corrected chi connectivity index (χ2v) is 9.16. The van der Waals surface area contributed by atoms with Gasteiger partial charge in [-0.15, -0.1) is 0 Å². The average molecular weight is 493 g/mol. The van der Waals surface area contributed by atoms with E-state index in [1.807, 2.05) is 19.1 Å². The van der Waals surface area contributed by atoms with Crippen LogP contribution in [0.15, 0.2) is 36.7 Å². The normalized spacial score (nSPS) is 17.3. The fourth-order valence-corrected chi connectivity index (χ4v) is 4.31. The predicted molar refractivity (Wildman–Crippen MR) is 132 cm³/mol. The lowest BCUT2D eigenvalue weighted by Crippen LogP contribution is -2.34. The molecule has 0 radical (unpaired) electrons. The lowest BCUT2D eigenvalue weighted by molar-refractivity contribution is -0.146. The number of hydrogen-bond donors (Lipinski definition) is 2. The number of anilines is 2. The monoisotopic (exact) mass is 492 g/mol. The highest BCUT2D eigenvalue weighted by atomic mass is 35.5. The van der Waals surface area contributed by atoms with Gasteiger partial charge in [0, 0.05) is 23.4 Å². The number of carbonyl (C=O) groups excluding carboxylic acids is 1. The van der Waals surface area contributed by atoms with Crippen LogP contribution in [0.3, 0.4) is 0 Å². The fraction of sp³-hybridized carbons (Fsp3) is 0.320. The van der Waals surface area contributed by atoms with E-state index in [0.717, 1.165) is 29.5 Å². The van der Waals surface area contributed by atoms with Gasteiger partial charge in [0.05, 0.1) is 29.5 Å². The molecule has 1 aliphatic carbocycles. The molecule has 35 heavy (non-hydrogen) atoms. The van der Waals surface area contributed by atoms with Crippen molar-refractivity contribution in [3.63, 3.8) is 0 Å². The van der Waals surface area contributed by atoms with Gasteiger partial charge in [0.1, 0.15) is 18.3 Å². The summed E-state index contributed by atoms with van der Waals surface area (Å²) in [6, 6.07) is 8.89. The number of fused-ring (bicyclic) bond motifs is 1. The lowest BCUT2D eigenvalue weighted by Gasteiger charge is -2.26. The van der Waals surface area contributed by atoms with Gasteiger partial charge in [0.2, 0.25) is 11.8 Å². The fourth-order valence-electron chi connectivity index (χ4n) is 4.15. The Hall–Kier alpha value is -3.74. The Labute approximate surface area is 208 Å². The summed E-state index contributed by atoms with van der Waals surface area (Å²) >= 11 is 6.08. The number of carbonyl (C=O) groups is 1. The quantitative estimate of drug-likeness (QED) is 0.470. The Morgan fingerprint density at radius 3 is 2.89 bits per heavy atom. The SMILES string of the molecule is COc1ncc(Cl)cc1Nc1nccc(-c2cc(C#N)c3c(c2)[C@](C)(COC(=O)[C@H](C)N)CC3)n1. The van der Waals surface area contributed by atoms with Gasteiger partial charge in [0.15, 0.2) is 0 Å². The first-order chi connectivity index (χ1) is 16.7. The summed E-state index contributed by atoms with van der Waals surface area (Å²) in [4.78, 5) is 25.0. The van der Waals surface area contributed by atoms with Gasteiger partial charge in [-0.25, -0.2) is 15.0 Å². The summed E-state index contributed by atoms with van der Waals surface area (Å²) < 4.78 is 10.8. The third kappa shape index (κ3) is 5.04. The molecule has 4 rings (SSSR count). The Kier molecular flexibility index (Phi) is 6.87. The molecule has 0 saturated carbocycles. The molecule has 3 aromatic rings. The molecule has 0 fully saturated rings. The summed E-state index contributed by atoms with van der Waals surface area (Å²) in [6.45, 7) is 3.81. The number of benzene rings is 1. The van der Waals surface area contributed by atoms with Gasteiger partial charge in [0.25, 0.3) is 0 Å². The van der Waals surface area contributed by atoms with Crippen molar-refractivity contribution in [1.82, 2.24) is 15.0 Å². The van der Waals surface area contributed by atoms with E-state index in [1.54, 1.807) is 25.3 Å². The van der Waals surface area contributed by atoms with Gasteiger partial charge in [-0.1, -0.05) is 18.5 Å². The zero-order valence-corrected chi connectivity index (χ0v) is 20.4. The van der Waals surface area contributed by atoms with Crippen LogP contribution in [0.4, 0.5) is 11.6 Å². The van der Waals surface area contributed by atoms with Gasteiger partial charge in [-0.05, 0) is 55.2 Å². The van der Waals surface area contributed by atoms with Crippen LogP contribution in [-0.2, 0) is 21.4 Å². The van der Waals surface area contributed by atoms with Gasteiger partial charge < -0.3 is 20.5 Å². The second-order valence-electron chi connectivity index (χ2n) is 8.72. The smallest absolute Gasteiger partial charge is 0.322 e. The van der Waals surface area contributed by atoms with Crippen molar-refractivity contribution in [2.45, 2.75) is 38.1 Å². The zero-order valence-electron chi connectivity index (χ0n) is 19.6. The maximum atomic E-state index is 12.0. The van der Waals surface area contributed by atoms with Crippen molar-refractivity contribution < 1.29 is 14.3 Å². The molecule has 3 N–H and O–H groups in total. The van der Waals surface area contributed by atoms with Crippen molar-refractivity contribution in [3.05, 3.63) is 58.4 Å². The minimum Gasteiger partial charge on any atom is -0.480 e. The van der Waals surface area contributed by atoms with Gasteiger partial charge >= 0.3 is 5.97 Å². The van der Waals surface area contributed by atoms with Crippen LogP contribution in [0.25, 0.3) is 11.3 Å². The minimum absolute atomic E-state index is 0.187. The molecule has 0 saturated heterocycles. The minimum atomic E-state index is -0.694. The molecule has 0 amide bonds. The highest BCUT2D eigenvalue weighted by Gasteiger charge is 2.37. The molecule has 2 aromatic heterocycles. The zero-order chi connectivity index (χ0) is 25.2. The van der Waals surface area contributed by atoms with Crippen LogP contribution >= 0.6 is 11.6 Å². The van der Waals surface area contributed by atoms with Gasteiger partial charge in [-0.3, -0.25) is 4.79 Å². The number of ether oxygens (including phenoxy) is 2. The first kappa shape index (κ1) is 24.4. The third-order valence-electron chi connectivity index (χ3n) is 6.06. The largest absolute Gasteiger partial charge is 0.480 e. The summed E-state index contributed by atoms with van der Waals surface area (Å²) in [5.74, 6) is 0.219. The molecule has 1 aromatic carbocycles. The van der Waals surface area contributed by atoms with E-state index in [-0.39, 0.29) is 6.61 Å². The van der Waals surface area contributed by atoms with Crippen LogP contribution in [-0.4, -0.2) is 40.7 Å². The number of aromatic nitrogens is 3. The number of rotatable bonds is 7. The van der Waals surface area contributed by atoms with E-state index >= 15 is 0 Å². The highest BCUT2D eigenvalue weighted by molar-refractivity contribution is 6.30. The standard InChI is InChI=1S/C25H25ClN6O3/c1-14(28)23(33)35-13-25(2)6-4-18-16(11-27)8-15(9-19(18)25)20-5-7-29-24(31-20)32-21-10-17(26)12-30-22(21)34-3/h5,7-10,12,14H,4,6,13,28H2,1-3H3,(H,29,31,32)/t14-,25-/m0/s1. The van der Waals surface area contributed by atoms with Crippen molar-refractivity contribution in [3.8, 4) is 23.2 Å². The Bertz CT molecular complexity index is 1320. The van der Waals surface area contributed by atoms with Crippen molar-refractivity contribution in [2.24, 2.45) is 5.73 Å². The molecule has 9 nitrogen and oxygen atoms in total. The summed E-state index contributed by atoms with van der Waals surface area (Å²) in [6.07, 6.45) is 4.59. The summed E-state index contributed by atoms with van der Waals surface area (Å²) in [7, 11) is 1.51. The number of esters is 1. The Morgan fingerprint density at radius 2 is 2.17 bits per heavy atom. The molecule has 0 spiro atoms. The van der Waals surface area contributed by atoms with Crippen LogP contribution < -0.4 is 15.8 Å². The summed E-state index contributed by atoms with van der Waals surface area (Å²) in [5, 5.41) is 13.4. The molecule has 0 aliphatic heterocycles. The first-order valence-electron chi connectivity index (χ1n) is 11.0. The maximum Gasteiger partial charge on any atom is 0.322 e. The molecule has 0 unspecified atom stereocenters. The van der Waals surface area contributed by atoms with E-state index in [2.05, 4.69) is 26.3 Å². The van der Waals surface area contributed by atoms with E-state index in [4.69, 9.17) is 26.8 Å². The van der Waals surface area contributed by atoms with Crippen LogP contribution in [0.5, 0.6) is 5.88 Å². The number of halogens is 1. The Balaban J connectivity index is 1.69. The Morgan fingerprint density at radius 1 is 1.37 bits per heavy atom. The lowest BCUT2D eigenvalue weighted by atomic mass is 9.83. The second kappa shape index (κ2) is 9.86. The number of hydrogen-bond acceptors (Lipinski definition) is 9. The van der Waals surface area contributed by atoms with E-state index < -0.39 is 17.4 Å². The topological polar surface area (TPSA) is 136 Å². The van der Waals surface area contributed by atoms with Crippen molar-refractivity contribution in [1.29, 1.82) is 5.26 Å². The third-order valence-corrected chi connectivity index (χ3v) is 6.27. The van der Waals surface area contributed by atoms with E-state index in [9.17, 15) is 10.1 Å². The molecule has 180 valence electrons. The number of nitrogens with one attached hydrogen (secondary N) is 1. The molecule has 2 atom stereocenters. The van der Waals surface area contributed by atoms with Crippen molar-refractivity contribution >= 4 is 29.2 Å². The van der Waals surface area contributed by atoms with Gasteiger partial charge in [-0.2, -0.15) is 5.26 Å². The number of methoxy groups -OCH3 is 1. The maximum absolute atomic E-state index is 12.0. The number of nitriles is 1. The van der Waals surface area contributed by atoms with E-state index in [0.29, 0.717) is 33.8 Å². The molecule has 0 bridgehead atoms. The predicted octanol–water partition coefficient (Wildman–Crippen LogP) is 3.91. The first-order valence-corrected chi connectivity index (χ1v) is 11.4. The molecular formula is C25H25ClN6O3. The number of nitrogens with two attached hydrogens (primary N) is 1. The summed E-state index contributed by atoms with van der Waals surface area (Å²) in [5.41, 5.74) is 9.63. The molecule has 10 heteroatoms. The van der Waals surface area contributed by atoms with Crippen LogP contribution in [0, 0.1) is 11.3 Å². The molecular weight excluding hydrogens is 468 g/mol. The average Bonchev–Trinajstić information content (AvgIpc) is 3.19.